The van der Waals surface area contributed by atoms with Crippen molar-refractivity contribution in [1.29, 1.82) is 0 Å². The molecule has 18 heavy (non-hydrogen) atoms. The molecule has 0 bridgehead atoms. The van der Waals surface area contributed by atoms with Gasteiger partial charge in [-0.25, -0.2) is 0 Å². The Labute approximate surface area is 128 Å². The average molecular weight is 354 g/mol. The van der Waals surface area contributed by atoms with E-state index < -0.39 is 0 Å². The minimum Gasteiger partial charge on any atom is -0.328 e. The molecule has 2 nitrogen and oxygen atoms in total. The van der Waals surface area contributed by atoms with E-state index in [4.69, 9.17) is 17.3 Å². The zero-order valence-corrected chi connectivity index (χ0v) is 13.6. The Hall–Kier alpha value is 0.200. The second-order valence-electron chi connectivity index (χ2n) is 4.88. The lowest BCUT2D eigenvalue weighted by atomic mass is 10.0. The van der Waals surface area contributed by atoms with E-state index in [-0.39, 0.29) is 12.4 Å². The second-order valence-corrected chi connectivity index (χ2v) is 6.17. The maximum atomic E-state index is 6.02. The third-order valence-electron chi connectivity index (χ3n) is 3.45. The van der Waals surface area contributed by atoms with Gasteiger partial charge in [0.25, 0.3) is 0 Å². The van der Waals surface area contributed by atoms with Crippen LogP contribution in [0.2, 0.25) is 5.02 Å². The normalized spacial score (nSPS) is 21.7. The maximum absolute atomic E-state index is 6.02. The number of nitrogens with zero attached hydrogens (tertiary/aromatic N) is 1. The van der Waals surface area contributed by atoms with Gasteiger partial charge >= 0.3 is 0 Å². The molecule has 1 heterocycles. The number of hydrogen-bond donors (Lipinski definition) is 1. The van der Waals surface area contributed by atoms with E-state index in [0.29, 0.717) is 12.0 Å². The van der Waals surface area contributed by atoms with Crippen LogP contribution in [0.5, 0.6) is 0 Å². The molecule has 2 atom stereocenters. The van der Waals surface area contributed by atoms with Crippen molar-refractivity contribution >= 4 is 39.9 Å². The summed E-state index contributed by atoms with van der Waals surface area (Å²) in [7, 11) is 0. The summed E-state index contributed by atoms with van der Waals surface area (Å²) in [6, 6.07) is 6.24. The molecule has 1 aliphatic rings. The summed E-state index contributed by atoms with van der Waals surface area (Å²) < 4.78 is 1.13. The quantitative estimate of drug-likeness (QED) is 0.897. The summed E-state index contributed by atoms with van der Waals surface area (Å²) >= 11 is 9.59. The molecule has 0 saturated carbocycles. The van der Waals surface area contributed by atoms with Gasteiger partial charge in [-0.3, -0.25) is 4.90 Å². The van der Waals surface area contributed by atoms with Crippen molar-refractivity contribution in [3.05, 3.63) is 33.3 Å². The number of rotatable bonds is 3. The molecule has 2 unspecified atom stereocenters. The summed E-state index contributed by atoms with van der Waals surface area (Å²) in [5, 5.41) is 0.797. The highest BCUT2D eigenvalue weighted by molar-refractivity contribution is 9.10. The van der Waals surface area contributed by atoms with Gasteiger partial charge in [-0.15, -0.1) is 12.4 Å². The van der Waals surface area contributed by atoms with Gasteiger partial charge in [-0.2, -0.15) is 0 Å². The largest absolute Gasteiger partial charge is 0.328 e. The molecule has 2 N–H and O–H groups in total. The zero-order valence-electron chi connectivity index (χ0n) is 10.4. The van der Waals surface area contributed by atoms with Crippen LogP contribution in [0.3, 0.4) is 0 Å². The predicted molar refractivity (Wildman–Crippen MR) is 83.4 cm³/mol. The minimum absolute atomic E-state index is 0. The van der Waals surface area contributed by atoms with E-state index in [0.717, 1.165) is 29.1 Å². The molecule has 1 aliphatic heterocycles. The molecule has 0 amide bonds. The van der Waals surface area contributed by atoms with Crippen LogP contribution >= 0.6 is 39.9 Å². The Morgan fingerprint density at radius 1 is 1.56 bits per heavy atom. The summed E-state index contributed by atoms with van der Waals surface area (Å²) in [4.78, 5) is 2.45. The van der Waals surface area contributed by atoms with Gasteiger partial charge in [0.2, 0.25) is 0 Å². The lowest BCUT2D eigenvalue weighted by Gasteiger charge is -2.18. The van der Waals surface area contributed by atoms with E-state index in [9.17, 15) is 0 Å². The molecule has 2 rings (SSSR count). The molecule has 1 aromatic carbocycles. The van der Waals surface area contributed by atoms with Crippen molar-refractivity contribution in [2.75, 3.05) is 13.1 Å². The van der Waals surface area contributed by atoms with E-state index in [2.05, 4.69) is 27.8 Å². The van der Waals surface area contributed by atoms with Crippen LogP contribution in [0.1, 0.15) is 18.9 Å². The van der Waals surface area contributed by atoms with Crippen molar-refractivity contribution in [3.8, 4) is 0 Å². The smallest absolute Gasteiger partial charge is 0.0410 e. The fourth-order valence-electron chi connectivity index (χ4n) is 2.34. The fourth-order valence-corrected chi connectivity index (χ4v) is 2.91. The molecule has 1 aromatic rings. The van der Waals surface area contributed by atoms with Crippen LogP contribution in [-0.4, -0.2) is 24.0 Å². The third kappa shape index (κ3) is 4.10. The van der Waals surface area contributed by atoms with Crippen molar-refractivity contribution in [2.24, 2.45) is 11.7 Å². The van der Waals surface area contributed by atoms with Gasteiger partial charge in [0.15, 0.2) is 0 Å². The van der Waals surface area contributed by atoms with Gasteiger partial charge in [0, 0.05) is 28.6 Å². The number of likely N-dealkylation sites (tertiary alicyclic amines) is 1. The van der Waals surface area contributed by atoms with Crippen LogP contribution in [0, 0.1) is 5.92 Å². The Morgan fingerprint density at radius 3 is 2.89 bits per heavy atom. The van der Waals surface area contributed by atoms with Crippen LogP contribution < -0.4 is 5.73 Å². The first kappa shape index (κ1) is 16.3. The van der Waals surface area contributed by atoms with Crippen molar-refractivity contribution in [2.45, 2.75) is 25.9 Å². The molecule has 102 valence electrons. The highest BCUT2D eigenvalue weighted by atomic mass is 79.9. The first-order chi connectivity index (χ1) is 8.06. The molecule has 0 radical (unpaired) electrons. The second kappa shape index (κ2) is 7.11. The van der Waals surface area contributed by atoms with Gasteiger partial charge < -0.3 is 5.73 Å². The minimum atomic E-state index is 0. The van der Waals surface area contributed by atoms with Crippen molar-refractivity contribution in [1.82, 2.24) is 4.90 Å². The lowest BCUT2D eigenvalue weighted by molar-refractivity contribution is 0.308. The first-order valence-electron chi connectivity index (χ1n) is 5.98. The first-order valence-corrected chi connectivity index (χ1v) is 7.15. The fraction of sp³-hybridized carbons (Fsp3) is 0.538. The third-order valence-corrected chi connectivity index (χ3v) is 4.46. The topological polar surface area (TPSA) is 29.3 Å². The number of benzene rings is 1. The number of halogens is 3. The van der Waals surface area contributed by atoms with Crippen molar-refractivity contribution in [3.63, 3.8) is 0 Å². The molecule has 0 spiro atoms. The van der Waals surface area contributed by atoms with Crippen molar-refractivity contribution < 1.29 is 0 Å². The van der Waals surface area contributed by atoms with E-state index in [1.165, 1.54) is 12.0 Å². The molecule has 1 saturated heterocycles. The van der Waals surface area contributed by atoms with Crippen LogP contribution in [0.25, 0.3) is 0 Å². The highest BCUT2D eigenvalue weighted by Crippen LogP contribution is 2.26. The molecular weight excluding hydrogens is 335 g/mol. The van der Waals surface area contributed by atoms with Crippen LogP contribution in [0.15, 0.2) is 22.7 Å². The standard InChI is InChI=1S/C13H18BrClN2.ClH/c1-9(16)10-4-5-17(7-10)8-11-6-12(15)2-3-13(11)14;/h2-3,6,9-10H,4-5,7-8,16H2,1H3;1H. The Morgan fingerprint density at radius 2 is 2.28 bits per heavy atom. The van der Waals surface area contributed by atoms with Gasteiger partial charge in [-0.05, 0) is 49.6 Å². The van der Waals surface area contributed by atoms with Gasteiger partial charge in [0.05, 0.1) is 0 Å². The highest BCUT2D eigenvalue weighted by Gasteiger charge is 2.25. The maximum Gasteiger partial charge on any atom is 0.0410 e. The molecule has 1 fully saturated rings. The predicted octanol–water partition coefficient (Wildman–Crippen LogP) is 3.69. The number of hydrogen-bond acceptors (Lipinski definition) is 2. The summed E-state index contributed by atoms with van der Waals surface area (Å²) in [5.41, 5.74) is 7.20. The van der Waals surface area contributed by atoms with Gasteiger partial charge in [-0.1, -0.05) is 27.5 Å². The molecule has 0 aliphatic carbocycles. The Kier molecular flexibility index (Phi) is 6.42. The molecular formula is C13H19BrCl2N2. The summed E-state index contributed by atoms with van der Waals surface area (Å²) in [5.74, 6) is 0.632. The zero-order chi connectivity index (χ0) is 12.4. The average Bonchev–Trinajstić information content (AvgIpc) is 2.72. The number of nitrogens with two attached hydrogens (primary N) is 1. The summed E-state index contributed by atoms with van der Waals surface area (Å²) in [6.45, 7) is 5.27. The monoisotopic (exact) mass is 352 g/mol. The van der Waals surface area contributed by atoms with Gasteiger partial charge in [0.1, 0.15) is 0 Å². The summed E-state index contributed by atoms with van der Waals surface area (Å²) in [6.07, 6.45) is 1.20. The van der Waals surface area contributed by atoms with Crippen LogP contribution in [-0.2, 0) is 6.54 Å². The van der Waals surface area contributed by atoms with Crippen LogP contribution in [0.4, 0.5) is 0 Å². The Bertz CT molecular complexity index is 399. The SMILES string of the molecule is CC(N)C1CCN(Cc2cc(Cl)ccc2Br)C1.Cl. The van der Waals surface area contributed by atoms with E-state index in [1.54, 1.807) is 0 Å². The van der Waals surface area contributed by atoms with E-state index in [1.807, 2.05) is 18.2 Å². The molecule has 5 heteroatoms. The lowest BCUT2D eigenvalue weighted by Crippen LogP contribution is -2.29. The Balaban J connectivity index is 0.00000162. The van der Waals surface area contributed by atoms with E-state index >= 15 is 0 Å². The molecule has 0 aromatic heterocycles.